The zero-order chi connectivity index (χ0) is 16.2. The molecule has 0 radical (unpaired) electrons. The summed E-state index contributed by atoms with van der Waals surface area (Å²) in [6, 6.07) is 8.25. The average molecular weight is 312 g/mol. The molecule has 0 amide bonds. The first-order valence-electron chi connectivity index (χ1n) is 7.48. The number of aliphatic imine (C=N–C) groups is 1. The molecule has 0 fully saturated rings. The summed E-state index contributed by atoms with van der Waals surface area (Å²) in [5, 5.41) is 0. The number of Topliss-reactive ketones (excluding diaryl/α,β-unsaturated/α-hetero) is 1. The van der Waals surface area contributed by atoms with E-state index < -0.39 is 0 Å². The normalized spacial score (nSPS) is 12.7. The zero-order valence-corrected chi connectivity index (χ0v) is 12.9. The number of ether oxygens (including phenoxy) is 1. The summed E-state index contributed by atoms with van der Waals surface area (Å²) in [6.45, 7) is 0.561. The topological polar surface area (TPSA) is 51.5 Å². The Morgan fingerprint density at radius 3 is 3.00 bits per heavy atom. The Morgan fingerprint density at radius 2 is 2.22 bits per heavy atom. The number of carbonyl (C=O) groups is 1. The van der Waals surface area contributed by atoms with Gasteiger partial charge in [0.25, 0.3) is 0 Å². The summed E-state index contributed by atoms with van der Waals surface area (Å²) >= 11 is 0. The molecular weight excluding hydrogens is 295 g/mol. The van der Waals surface area contributed by atoms with E-state index in [-0.39, 0.29) is 18.0 Å². The number of hydrogen-bond donors (Lipinski definition) is 0. The number of aryl methyl sites for hydroxylation is 1. The lowest BCUT2D eigenvalue weighted by molar-refractivity contribution is -0.118. The van der Waals surface area contributed by atoms with E-state index in [1.165, 1.54) is 12.1 Å². The van der Waals surface area contributed by atoms with Crippen molar-refractivity contribution in [2.24, 2.45) is 4.99 Å². The minimum atomic E-state index is -0.274. The van der Waals surface area contributed by atoms with Crippen molar-refractivity contribution in [3.05, 3.63) is 64.7 Å². The molecule has 0 saturated carbocycles. The van der Waals surface area contributed by atoms with E-state index in [9.17, 15) is 9.18 Å². The highest BCUT2D eigenvalue weighted by atomic mass is 19.1. The Bertz CT molecular complexity index is 771. The maximum atomic E-state index is 13.1. The molecule has 0 saturated heterocycles. The Hall–Kier alpha value is -2.56. The molecule has 23 heavy (non-hydrogen) atoms. The summed E-state index contributed by atoms with van der Waals surface area (Å²) in [7, 11) is 1.58. The summed E-state index contributed by atoms with van der Waals surface area (Å²) in [5.41, 5.74) is 3.49. The van der Waals surface area contributed by atoms with Gasteiger partial charge in [0.15, 0.2) is 0 Å². The fourth-order valence-electron chi connectivity index (χ4n) is 2.65. The van der Waals surface area contributed by atoms with Gasteiger partial charge in [-0.3, -0.25) is 9.78 Å². The van der Waals surface area contributed by atoms with Crippen LogP contribution in [0.15, 0.2) is 41.5 Å². The third-order valence-corrected chi connectivity index (χ3v) is 3.82. The molecule has 2 aromatic rings. The van der Waals surface area contributed by atoms with Gasteiger partial charge in [0, 0.05) is 24.7 Å². The number of fused-ring (bicyclic) bond motifs is 1. The highest BCUT2D eigenvalue weighted by Gasteiger charge is 2.18. The average Bonchev–Trinajstić information content (AvgIpc) is 2.95. The summed E-state index contributed by atoms with van der Waals surface area (Å²) in [5.74, 6) is 0.410. The molecule has 1 aromatic heterocycles. The number of pyridine rings is 1. The van der Waals surface area contributed by atoms with E-state index in [1.54, 1.807) is 19.4 Å². The molecule has 4 nitrogen and oxygen atoms in total. The van der Waals surface area contributed by atoms with Crippen LogP contribution >= 0.6 is 0 Å². The molecule has 0 atom stereocenters. The highest BCUT2D eigenvalue weighted by Crippen LogP contribution is 2.19. The number of aromatic nitrogens is 1. The van der Waals surface area contributed by atoms with E-state index in [4.69, 9.17) is 4.74 Å². The molecule has 0 aliphatic carbocycles. The van der Waals surface area contributed by atoms with Crippen LogP contribution in [-0.2, 0) is 28.9 Å². The van der Waals surface area contributed by atoms with Crippen molar-refractivity contribution >= 4 is 11.7 Å². The minimum Gasteiger partial charge on any atom is -0.481 e. The molecule has 1 aliphatic heterocycles. The van der Waals surface area contributed by atoms with Gasteiger partial charge in [-0.05, 0) is 35.7 Å². The molecule has 1 aliphatic rings. The zero-order valence-electron chi connectivity index (χ0n) is 12.9. The van der Waals surface area contributed by atoms with Crippen LogP contribution in [0.1, 0.15) is 28.8 Å². The van der Waals surface area contributed by atoms with Crippen LogP contribution in [0.2, 0.25) is 0 Å². The number of nitrogens with zero attached hydrogens (tertiary/aromatic N) is 2. The standard InChI is InChI=1S/C18H17FN2O2/c1-23-18-17-11-20-15(8-13(17)10-21-18)9-16(22)6-5-12-3-2-4-14(19)7-12/h2-4,7-8,11H,5-6,9-10H2,1H3. The molecule has 0 spiro atoms. The maximum absolute atomic E-state index is 13.1. The number of carbonyl (C=O) groups excluding carboxylic acids is 1. The van der Waals surface area contributed by atoms with Crippen molar-refractivity contribution in [2.75, 3.05) is 7.11 Å². The van der Waals surface area contributed by atoms with Crippen LogP contribution < -0.4 is 0 Å². The lowest BCUT2D eigenvalue weighted by Gasteiger charge is -2.05. The maximum Gasteiger partial charge on any atom is 0.218 e. The minimum absolute atomic E-state index is 0.0904. The Balaban J connectivity index is 1.59. The van der Waals surface area contributed by atoms with Crippen molar-refractivity contribution in [1.82, 2.24) is 4.98 Å². The lowest BCUT2D eigenvalue weighted by Crippen LogP contribution is -2.08. The van der Waals surface area contributed by atoms with Gasteiger partial charge in [-0.1, -0.05) is 12.1 Å². The van der Waals surface area contributed by atoms with Crippen LogP contribution in [0, 0.1) is 5.82 Å². The second-order valence-electron chi connectivity index (χ2n) is 5.50. The first-order valence-corrected chi connectivity index (χ1v) is 7.48. The van der Waals surface area contributed by atoms with Crippen molar-refractivity contribution < 1.29 is 13.9 Å². The first kappa shape index (κ1) is 15.3. The number of ketones is 1. The second-order valence-corrected chi connectivity index (χ2v) is 5.50. The van der Waals surface area contributed by atoms with Crippen molar-refractivity contribution in [3.8, 4) is 0 Å². The molecule has 0 unspecified atom stereocenters. The fraction of sp³-hybridized carbons (Fsp3) is 0.278. The predicted molar refractivity (Wildman–Crippen MR) is 84.9 cm³/mol. The smallest absolute Gasteiger partial charge is 0.218 e. The van der Waals surface area contributed by atoms with Gasteiger partial charge >= 0.3 is 0 Å². The number of halogens is 1. The Labute approximate surface area is 134 Å². The third-order valence-electron chi connectivity index (χ3n) is 3.82. The monoisotopic (exact) mass is 312 g/mol. The van der Waals surface area contributed by atoms with Gasteiger partial charge in [0.1, 0.15) is 11.6 Å². The van der Waals surface area contributed by atoms with Crippen LogP contribution in [0.4, 0.5) is 4.39 Å². The Morgan fingerprint density at radius 1 is 1.35 bits per heavy atom. The number of hydrogen-bond acceptors (Lipinski definition) is 4. The van der Waals surface area contributed by atoms with Crippen molar-refractivity contribution in [1.29, 1.82) is 0 Å². The first-order chi connectivity index (χ1) is 11.2. The SMILES string of the molecule is COC1=NCc2cc(CC(=O)CCc3cccc(F)c3)ncc21. The molecule has 0 N–H and O–H groups in total. The number of methoxy groups -OCH3 is 1. The third kappa shape index (κ3) is 3.62. The summed E-state index contributed by atoms with van der Waals surface area (Å²) in [6.07, 6.45) is 2.91. The number of benzene rings is 1. The molecule has 1 aromatic carbocycles. The van der Waals surface area contributed by atoms with E-state index >= 15 is 0 Å². The largest absolute Gasteiger partial charge is 0.481 e. The lowest BCUT2D eigenvalue weighted by atomic mass is 10.0. The molecule has 0 bridgehead atoms. The quantitative estimate of drug-likeness (QED) is 0.853. The highest BCUT2D eigenvalue weighted by molar-refractivity contribution is 5.97. The number of rotatable bonds is 5. The van der Waals surface area contributed by atoms with Crippen molar-refractivity contribution in [2.45, 2.75) is 25.8 Å². The van der Waals surface area contributed by atoms with Gasteiger partial charge in [-0.25, -0.2) is 9.38 Å². The molecular formula is C18H17FN2O2. The van der Waals surface area contributed by atoms with Gasteiger partial charge in [0.2, 0.25) is 5.90 Å². The van der Waals surface area contributed by atoms with E-state index in [0.29, 0.717) is 25.3 Å². The van der Waals surface area contributed by atoms with E-state index in [2.05, 4.69) is 9.98 Å². The predicted octanol–water partition coefficient (Wildman–Crippen LogP) is 2.87. The van der Waals surface area contributed by atoms with Gasteiger partial charge in [0.05, 0.1) is 19.2 Å². The molecule has 2 heterocycles. The summed E-state index contributed by atoms with van der Waals surface area (Å²) < 4.78 is 18.3. The van der Waals surface area contributed by atoms with Gasteiger partial charge in [-0.2, -0.15) is 0 Å². The van der Waals surface area contributed by atoms with Gasteiger partial charge < -0.3 is 4.74 Å². The van der Waals surface area contributed by atoms with Gasteiger partial charge in [-0.15, -0.1) is 0 Å². The Kier molecular flexibility index (Phi) is 4.46. The molecule has 118 valence electrons. The molecule has 3 rings (SSSR count). The fourth-order valence-corrected chi connectivity index (χ4v) is 2.65. The van der Waals surface area contributed by atoms with Crippen LogP contribution in [-0.4, -0.2) is 23.8 Å². The molecule has 5 heteroatoms. The van der Waals surface area contributed by atoms with Crippen LogP contribution in [0.25, 0.3) is 0 Å². The van der Waals surface area contributed by atoms with Crippen LogP contribution in [0.5, 0.6) is 0 Å². The summed E-state index contributed by atoms with van der Waals surface area (Å²) in [4.78, 5) is 20.7. The second kappa shape index (κ2) is 6.69. The van der Waals surface area contributed by atoms with Crippen molar-refractivity contribution in [3.63, 3.8) is 0 Å². The van der Waals surface area contributed by atoms with E-state index in [1.807, 2.05) is 12.1 Å². The van der Waals surface area contributed by atoms with E-state index in [0.717, 1.165) is 22.4 Å². The van der Waals surface area contributed by atoms with Crippen LogP contribution in [0.3, 0.4) is 0 Å².